The molecule has 2 heterocycles. The first-order valence-electron chi connectivity index (χ1n) is 14.4. The second-order valence-corrected chi connectivity index (χ2v) is 11.0. The van der Waals surface area contributed by atoms with Gasteiger partial charge in [-0.2, -0.15) is 10.5 Å². The number of fused-ring (bicyclic) bond motifs is 6. The number of aryl methyl sites for hydroxylation is 1. The molecule has 198 valence electrons. The highest BCUT2D eigenvalue weighted by Gasteiger charge is 2.33. The molecule has 2 atom stereocenters. The summed E-state index contributed by atoms with van der Waals surface area (Å²) in [5, 5.41) is 24.8. The molecular formula is C38H26N4. The highest BCUT2D eigenvalue weighted by molar-refractivity contribution is 6.08. The molecule has 0 spiro atoms. The number of allylic oxidation sites excluding steroid dienone is 5. The lowest BCUT2D eigenvalue weighted by molar-refractivity contribution is 0.562. The van der Waals surface area contributed by atoms with Gasteiger partial charge in [-0.25, -0.2) is 0 Å². The predicted molar refractivity (Wildman–Crippen MR) is 169 cm³/mol. The Morgan fingerprint density at radius 1 is 0.714 bits per heavy atom. The summed E-state index contributed by atoms with van der Waals surface area (Å²) >= 11 is 0. The Labute approximate surface area is 244 Å². The van der Waals surface area contributed by atoms with Crippen molar-refractivity contribution >= 4 is 38.8 Å². The van der Waals surface area contributed by atoms with E-state index >= 15 is 0 Å². The number of para-hydroxylation sites is 3. The molecule has 4 nitrogen and oxygen atoms in total. The van der Waals surface area contributed by atoms with E-state index in [0.29, 0.717) is 11.1 Å². The normalized spacial score (nSPS) is 17.7. The van der Waals surface area contributed by atoms with E-state index in [4.69, 9.17) is 0 Å². The van der Waals surface area contributed by atoms with Gasteiger partial charge >= 0.3 is 0 Å². The Hall–Kier alpha value is -5.58. The molecule has 0 saturated carbocycles. The van der Waals surface area contributed by atoms with Gasteiger partial charge in [0.15, 0.2) is 0 Å². The summed E-state index contributed by atoms with van der Waals surface area (Å²) < 4.78 is 4.59. The molecule has 4 aromatic carbocycles. The average Bonchev–Trinajstić information content (AvgIpc) is 3.57. The fourth-order valence-corrected chi connectivity index (χ4v) is 7.21. The molecule has 4 heteroatoms. The second kappa shape index (κ2) is 9.51. The van der Waals surface area contributed by atoms with Crippen LogP contribution >= 0.6 is 0 Å². The monoisotopic (exact) mass is 538 g/mol. The van der Waals surface area contributed by atoms with Gasteiger partial charge in [-0.3, -0.25) is 0 Å². The molecule has 0 saturated heterocycles. The van der Waals surface area contributed by atoms with Crippen LogP contribution in [0.25, 0.3) is 44.5 Å². The fourth-order valence-electron chi connectivity index (χ4n) is 7.21. The molecular weight excluding hydrogens is 512 g/mol. The highest BCUT2D eigenvalue weighted by Crippen LogP contribution is 2.45. The third-order valence-electron chi connectivity index (χ3n) is 8.92. The number of hydrogen-bond acceptors (Lipinski definition) is 2. The minimum absolute atomic E-state index is 0.188. The molecule has 2 aliphatic rings. The van der Waals surface area contributed by atoms with Crippen LogP contribution in [0.4, 0.5) is 0 Å². The Morgan fingerprint density at radius 2 is 1.40 bits per heavy atom. The molecule has 0 fully saturated rings. The summed E-state index contributed by atoms with van der Waals surface area (Å²) in [5.41, 5.74) is 8.76. The SMILES string of the molecule is N#CC1=CC=CC(n2c3ccccc3c3ccccc32)C1c1cccc(-n2c3c(c4ccccc42)CCC=C3)c1C#N. The lowest BCUT2D eigenvalue weighted by Crippen LogP contribution is -2.21. The van der Waals surface area contributed by atoms with Crippen molar-refractivity contribution in [3.05, 3.63) is 143 Å². The first-order chi connectivity index (χ1) is 20.8. The second-order valence-electron chi connectivity index (χ2n) is 11.0. The fraction of sp³-hybridized carbons (Fsp3) is 0.105. The maximum Gasteiger partial charge on any atom is 0.102 e. The van der Waals surface area contributed by atoms with Crippen molar-refractivity contribution < 1.29 is 0 Å². The first-order valence-corrected chi connectivity index (χ1v) is 14.4. The Balaban J connectivity index is 1.40. The van der Waals surface area contributed by atoms with Crippen LogP contribution in [-0.2, 0) is 6.42 Å². The Morgan fingerprint density at radius 3 is 2.12 bits per heavy atom. The number of aromatic nitrogens is 2. The maximum atomic E-state index is 10.8. The lowest BCUT2D eigenvalue weighted by atomic mass is 9.79. The van der Waals surface area contributed by atoms with Crippen molar-refractivity contribution in [1.29, 1.82) is 10.5 Å². The minimum Gasteiger partial charge on any atom is -0.332 e. The van der Waals surface area contributed by atoms with Crippen LogP contribution in [-0.4, -0.2) is 9.13 Å². The van der Waals surface area contributed by atoms with E-state index in [1.807, 2.05) is 30.4 Å². The van der Waals surface area contributed by atoms with E-state index in [1.54, 1.807) is 0 Å². The van der Waals surface area contributed by atoms with Gasteiger partial charge < -0.3 is 9.13 Å². The van der Waals surface area contributed by atoms with Gasteiger partial charge in [-0.05, 0) is 60.4 Å². The van der Waals surface area contributed by atoms with Crippen LogP contribution < -0.4 is 0 Å². The minimum atomic E-state index is -0.331. The first kappa shape index (κ1) is 24.2. The predicted octanol–water partition coefficient (Wildman–Crippen LogP) is 8.91. The summed E-state index contributed by atoms with van der Waals surface area (Å²) in [7, 11) is 0. The van der Waals surface area contributed by atoms with Gasteiger partial charge in [-0.15, -0.1) is 0 Å². The molecule has 0 N–H and O–H groups in total. The van der Waals surface area contributed by atoms with Crippen LogP contribution in [0.15, 0.2) is 121 Å². The summed E-state index contributed by atoms with van der Waals surface area (Å²) in [6.45, 7) is 0. The van der Waals surface area contributed by atoms with E-state index in [2.05, 4.69) is 112 Å². The van der Waals surface area contributed by atoms with Crippen LogP contribution in [0.1, 0.15) is 40.8 Å². The van der Waals surface area contributed by atoms with Crippen molar-refractivity contribution in [2.45, 2.75) is 24.8 Å². The molecule has 0 radical (unpaired) electrons. The number of hydrogen-bond donors (Lipinski definition) is 0. The quantitative estimate of drug-likeness (QED) is 0.226. The number of rotatable bonds is 3. The molecule has 6 aromatic rings. The highest BCUT2D eigenvalue weighted by atomic mass is 15.0. The summed E-state index contributed by atoms with van der Waals surface area (Å²) in [6.07, 6.45) is 12.5. The van der Waals surface area contributed by atoms with E-state index < -0.39 is 0 Å². The van der Waals surface area contributed by atoms with E-state index in [9.17, 15) is 10.5 Å². The standard InChI is InChI=1S/C38H26N4/c39-23-25-11-9-22-37(42-34-19-7-3-14-28(34)29-15-4-8-20-35(29)42)38(25)30-16-10-21-36(31(30)24-40)41-32-17-5-1-12-26(32)27-13-2-6-18-33(27)41/h1,3-12,14-22,37-38H,2,13H2. The molecule has 0 bridgehead atoms. The van der Waals surface area contributed by atoms with E-state index in [1.165, 1.54) is 21.7 Å². The third kappa shape index (κ3) is 3.39. The van der Waals surface area contributed by atoms with Crippen molar-refractivity contribution in [2.24, 2.45) is 0 Å². The van der Waals surface area contributed by atoms with Crippen molar-refractivity contribution in [2.75, 3.05) is 0 Å². The number of nitriles is 2. The van der Waals surface area contributed by atoms with Crippen molar-refractivity contribution in [3.63, 3.8) is 0 Å². The third-order valence-corrected chi connectivity index (χ3v) is 8.92. The molecule has 0 aliphatic heterocycles. The molecule has 0 amide bonds. The molecule has 42 heavy (non-hydrogen) atoms. The van der Waals surface area contributed by atoms with Crippen molar-refractivity contribution in [1.82, 2.24) is 9.13 Å². The van der Waals surface area contributed by atoms with Gasteiger partial charge in [0.05, 0.1) is 28.9 Å². The molecule has 2 unspecified atom stereocenters. The van der Waals surface area contributed by atoms with Gasteiger partial charge in [0.25, 0.3) is 0 Å². The average molecular weight is 539 g/mol. The van der Waals surface area contributed by atoms with Crippen LogP contribution in [0, 0.1) is 22.7 Å². The van der Waals surface area contributed by atoms with E-state index in [-0.39, 0.29) is 12.0 Å². The Kier molecular flexibility index (Phi) is 5.49. The number of benzene rings is 4. The zero-order valence-corrected chi connectivity index (χ0v) is 22.9. The summed E-state index contributed by atoms with van der Waals surface area (Å²) in [6, 6.07) is 36.4. The topological polar surface area (TPSA) is 57.4 Å². The zero-order valence-electron chi connectivity index (χ0n) is 22.9. The van der Waals surface area contributed by atoms with Crippen LogP contribution in [0.5, 0.6) is 0 Å². The van der Waals surface area contributed by atoms with Gasteiger partial charge in [0.2, 0.25) is 0 Å². The molecule has 8 rings (SSSR count). The number of nitrogens with zero attached hydrogens (tertiary/aromatic N) is 4. The summed E-state index contributed by atoms with van der Waals surface area (Å²) in [4.78, 5) is 0. The van der Waals surface area contributed by atoms with Gasteiger partial charge in [0, 0.05) is 44.4 Å². The van der Waals surface area contributed by atoms with Crippen molar-refractivity contribution in [3.8, 4) is 17.8 Å². The van der Waals surface area contributed by atoms with E-state index in [0.717, 1.165) is 46.3 Å². The maximum absolute atomic E-state index is 10.8. The van der Waals surface area contributed by atoms with Gasteiger partial charge in [0.1, 0.15) is 6.07 Å². The Bertz CT molecular complexity index is 2190. The van der Waals surface area contributed by atoms with Gasteiger partial charge in [-0.1, -0.05) is 85.0 Å². The summed E-state index contributed by atoms with van der Waals surface area (Å²) in [5.74, 6) is -0.331. The zero-order chi connectivity index (χ0) is 28.2. The smallest absolute Gasteiger partial charge is 0.102 e. The largest absolute Gasteiger partial charge is 0.332 e. The molecule has 2 aromatic heterocycles. The van der Waals surface area contributed by atoms with Crippen LogP contribution in [0.2, 0.25) is 0 Å². The lowest BCUT2D eigenvalue weighted by Gasteiger charge is -2.31. The molecule has 2 aliphatic carbocycles. The van der Waals surface area contributed by atoms with Crippen LogP contribution in [0.3, 0.4) is 0 Å².